The van der Waals surface area contributed by atoms with Gasteiger partial charge in [-0.15, -0.1) is 0 Å². The van der Waals surface area contributed by atoms with Gasteiger partial charge in [-0.25, -0.2) is 0 Å². The summed E-state index contributed by atoms with van der Waals surface area (Å²) in [5.74, 6) is 0.392. The zero-order chi connectivity index (χ0) is 10.7. The highest BCUT2D eigenvalue weighted by Gasteiger charge is 2.11. The van der Waals surface area contributed by atoms with Gasteiger partial charge < -0.3 is 5.73 Å². The first-order chi connectivity index (χ1) is 6.54. The molecule has 1 unspecified atom stereocenters. The molecule has 0 aromatic heterocycles. The van der Waals surface area contributed by atoms with Crippen molar-refractivity contribution >= 4 is 0 Å². The van der Waals surface area contributed by atoms with Crippen LogP contribution in [0.1, 0.15) is 36.6 Å². The van der Waals surface area contributed by atoms with E-state index in [0.717, 1.165) is 11.1 Å². The molecule has 1 rings (SSSR count). The Morgan fingerprint density at radius 1 is 1.29 bits per heavy atom. The van der Waals surface area contributed by atoms with Crippen LogP contribution in [-0.2, 0) is 0 Å². The molecule has 1 aromatic carbocycles. The number of aryl methyl sites for hydroxylation is 1. The molecular weight excluding hydrogens is 172 g/mol. The Kier molecular flexibility index (Phi) is 3.27. The van der Waals surface area contributed by atoms with E-state index < -0.39 is 0 Å². The largest absolute Gasteiger partial charge is 0.324 e. The summed E-state index contributed by atoms with van der Waals surface area (Å²) in [6.07, 6.45) is 0. The lowest BCUT2D eigenvalue weighted by Gasteiger charge is -2.16. The molecule has 0 aliphatic carbocycles. The Morgan fingerprint density at radius 3 is 2.43 bits per heavy atom. The van der Waals surface area contributed by atoms with Crippen LogP contribution < -0.4 is 5.73 Å². The van der Waals surface area contributed by atoms with Crippen LogP contribution in [0.3, 0.4) is 0 Å². The van der Waals surface area contributed by atoms with Crippen LogP contribution in [0.2, 0.25) is 0 Å². The van der Waals surface area contributed by atoms with Gasteiger partial charge >= 0.3 is 0 Å². The van der Waals surface area contributed by atoms with E-state index in [9.17, 15) is 0 Å². The number of nitriles is 1. The predicted octanol–water partition coefficient (Wildman–Crippen LogP) is 2.52. The van der Waals surface area contributed by atoms with Crippen LogP contribution in [0.25, 0.3) is 0 Å². The lowest BCUT2D eigenvalue weighted by atomic mass is 9.94. The first kappa shape index (κ1) is 10.7. The van der Waals surface area contributed by atoms with Crippen LogP contribution in [0.4, 0.5) is 0 Å². The third-order valence-corrected chi connectivity index (χ3v) is 2.33. The fourth-order valence-electron chi connectivity index (χ4n) is 1.45. The summed E-state index contributed by atoms with van der Waals surface area (Å²) in [4.78, 5) is 0. The van der Waals surface area contributed by atoms with Gasteiger partial charge in [0.2, 0.25) is 0 Å². The normalized spacial score (nSPS) is 12.6. The summed E-state index contributed by atoms with van der Waals surface area (Å²) >= 11 is 0. The zero-order valence-electron chi connectivity index (χ0n) is 8.91. The van der Waals surface area contributed by atoms with Crippen molar-refractivity contribution < 1.29 is 0 Å². The van der Waals surface area contributed by atoms with Crippen molar-refractivity contribution in [3.8, 4) is 6.07 Å². The number of hydrogen-bond acceptors (Lipinski definition) is 2. The van der Waals surface area contributed by atoms with Gasteiger partial charge in [-0.1, -0.05) is 19.9 Å². The maximum Gasteiger partial charge on any atom is 0.0991 e. The molecule has 0 aliphatic rings. The minimum absolute atomic E-state index is 0.0157. The molecular formula is C12H16N2. The average molecular weight is 188 g/mol. The zero-order valence-corrected chi connectivity index (χ0v) is 8.91. The van der Waals surface area contributed by atoms with E-state index in [0.29, 0.717) is 11.5 Å². The molecule has 0 bridgehead atoms. The molecule has 0 fully saturated rings. The van der Waals surface area contributed by atoms with Gasteiger partial charge in [-0.05, 0) is 36.1 Å². The molecule has 2 nitrogen and oxygen atoms in total. The molecule has 74 valence electrons. The Bertz CT molecular complexity index is 361. The Morgan fingerprint density at radius 2 is 1.93 bits per heavy atom. The van der Waals surface area contributed by atoms with Crippen molar-refractivity contribution in [2.45, 2.75) is 26.8 Å². The van der Waals surface area contributed by atoms with Gasteiger partial charge in [0, 0.05) is 6.04 Å². The quantitative estimate of drug-likeness (QED) is 0.775. The van der Waals surface area contributed by atoms with Gasteiger partial charge in [-0.3, -0.25) is 0 Å². The first-order valence-electron chi connectivity index (χ1n) is 4.82. The van der Waals surface area contributed by atoms with Crippen molar-refractivity contribution in [1.82, 2.24) is 0 Å². The van der Waals surface area contributed by atoms with Gasteiger partial charge in [0.05, 0.1) is 11.6 Å². The SMILES string of the molecule is Cc1cc(C#N)cc(C(N)C(C)C)c1. The number of benzene rings is 1. The summed E-state index contributed by atoms with van der Waals surface area (Å²) in [5, 5.41) is 8.82. The number of nitrogens with zero attached hydrogens (tertiary/aromatic N) is 1. The molecule has 0 saturated carbocycles. The summed E-state index contributed by atoms with van der Waals surface area (Å²) in [6.45, 7) is 6.15. The predicted molar refractivity (Wildman–Crippen MR) is 57.7 cm³/mol. The van der Waals surface area contributed by atoms with Gasteiger partial charge in [0.1, 0.15) is 0 Å². The topological polar surface area (TPSA) is 49.8 Å². The Labute approximate surface area is 85.4 Å². The lowest BCUT2D eigenvalue weighted by molar-refractivity contribution is 0.514. The first-order valence-corrected chi connectivity index (χ1v) is 4.82. The van der Waals surface area contributed by atoms with Crippen molar-refractivity contribution in [2.75, 3.05) is 0 Å². The van der Waals surface area contributed by atoms with E-state index in [1.165, 1.54) is 0 Å². The fourth-order valence-corrected chi connectivity index (χ4v) is 1.45. The number of hydrogen-bond donors (Lipinski definition) is 1. The van der Waals surface area contributed by atoms with Crippen molar-refractivity contribution in [3.05, 3.63) is 34.9 Å². The monoisotopic (exact) mass is 188 g/mol. The second-order valence-electron chi connectivity index (χ2n) is 4.01. The maximum atomic E-state index is 8.82. The standard InChI is InChI=1S/C12H16N2/c1-8(2)12(14)11-5-9(3)4-10(6-11)7-13/h4-6,8,12H,14H2,1-3H3. The Balaban J connectivity index is 3.10. The van der Waals surface area contributed by atoms with Gasteiger partial charge in [0.15, 0.2) is 0 Å². The highest BCUT2D eigenvalue weighted by atomic mass is 14.6. The molecule has 0 heterocycles. The van der Waals surface area contributed by atoms with E-state index in [1.807, 2.05) is 25.1 Å². The van der Waals surface area contributed by atoms with E-state index in [2.05, 4.69) is 19.9 Å². The number of nitrogens with two attached hydrogens (primary N) is 1. The van der Waals surface area contributed by atoms with E-state index >= 15 is 0 Å². The molecule has 2 N–H and O–H groups in total. The summed E-state index contributed by atoms with van der Waals surface area (Å²) in [6, 6.07) is 7.95. The van der Waals surface area contributed by atoms with E-state index in [-0.39, 0.29) is 6.04 Å². The van der Waals surface area contributed by atoms with Gasteiger partial charge in [-0.2, -0.15) is 5.26 Å². The third-order valence-electron chi connectivity index (χ3n) is 2.33. The van der Waals surface area contributed by atoms with Crippen LogP contribution in [-0.4, -0.2) is 0 Å². The van der Waals surface area contributed by atoms with Crippen LogP contribution in [0.15, 0.2) is 18.2 Å². The molecule has 1 atom stereocenters. The molecule has 0 radical (unpaired) electrons. The van der Waals surface area contributed by atoms with E-state index in [4.69, 9.17) is 11.0 Å². The second-order valence-corrected chi connectivity index (χ2v) is 4.01. The van der Waals surface area contributed by atoms with Crippen molar-refractivity contribution in [3.63, 3.8) is 0 Å². The fraction of sp³-hybridized carbons (Fsp3) is 0.417. The summed E-state index contributed by atoms with van der Waals surface area (Å²) in [5.41, 5.74) is 8.86. The molecule has 0 amide bonds. The van der Waals surface area contributed by atoms with Crippen LogP contribution in [0.5, 0.6) is 0 Å². The second kappa shape index (κ2) is 4.26. The summed E-state index contributed by atoms with van der Waals surface area (Å²) in [7, 11) is 0. The molecule has 0 saturated heterocycles. The lowest BCUT2D eigenvalue weighted by Crippen LogP contribution is -2.16. The van der Waals surface area contributed by atoms with Gasteiger partial charge in [0.25, 0.3) is 0 Å². The average Bonchev–Trinajstić information content (AvgIpc) is 2.15. The Hall–Kier alpha value is -1.33. The van der Waals surface area contributed by atoms with Crippen molar-refractivity contribution in [2.24, 2.45) is 11.7 Å². The van der Waals surface area contributed by atoms with Crippen LogP contribution >= 0.6 is 0 Å². The van der Waals surface area contributed by atoms with Crippen molar-refractivity contribution in [1.29, 1.82) is 5.26 Å². The maximum absolute atomic E-state index is 8.82. The van der Waals surface area contributed by atoms with Crippen LogP contribution in [0, 0.1) is 24.2 Å². The highest BCUT2D eigenvalue weighted by molar-refractivity contribution is 5.38. The molecule has 14 heavy (non-hydrogen) atoms. The highest BCUT2D eigenvalue weighted by Crippen LogP contribution is 2.21. The molecule has 0 spiro atoms. The molecule has 2 heteroatoms. The molecule has 0 aliphatic heterocycles. The minimum atomic E-state index is 0.0157. The minimum Gasteiger partial charge on any atom is -0.324 e. The third kappa shape index (κ3) is 2.34. The molecule has 1 aromatic rings. The smallest absolute Gasteiger partial charge is 0.0991 e. The van der Waals surface area contributed by atoms with E-state index in [1.54, 1.807) is 0 Å². The summed E-state index contributed by atoms with van der Waals surface area (Å²) < 4.78 is 0. The number of rotatable bonds is 2.